The second-order valence-electron chi connectivity index (χ2n) is 6.44. The molecule has 6 heteroatoms. The number of thioether (sulfide) groups is 1. The van der Waals surface area contributed by atoms with Gasteiger partial charge in [0.25, 0.3) is 0 Å². The molecule has 1 aliphatic carbocycles. The lowest BCUT2D eigenvalue weighted by Gasteiger charge is -2.38. The van der Waals surface area contributed by atoms with E-state index >= 15 is 0 Å². The molecule has 0 atom stereocenters. The number of carbonyl (C=O) groups is 2. The van der Waals surface area contributed by atoms with Crippen LogP contribution >= 0.6 is 11.8 Å². The van der Waals surface area contributed by atoms with E-state index in [9.17, 15) is 14.7 Å². The maximum atomic E-state index is 12.2. The minimum atomic E-state index is -0.781. The molecule has 20 heavy (non-hydrogen) atoms. The summed E-state index contributed by atoms with van der Waals surface area (Å²) < 4.78 is 0.214. The van der Waals surface area contributed by atoms with Gasteiger partial charge in [-0.15, -0.1) is 0 Å². The molecular weight excluding hydrogens is 276 g/mol. The number of carboxylic acids is 1. The van der Waals surface area contributed by atoms with Crippen molar-refractivity contribution in [2.24, 2.45) is 5.41 Å². The summed E-state index contributed by atoms with van der Waals surface area (Å²) in [5.41, 5.74) is -0.713. The number of urea groups is 1. The van der Waals surface area contributed by atoms with Crippen LogP contribution < -0.4 is 5.32 Å². The van der Waals surface area contributed by atoms with Crippen LogP contribution in [0.2, 0.25) is 0 Å². The minimum absolute atomic E-state index is 0.115. The van der Waals surface area contributed by atoms with E-state index in [2.05, 4.69) is 19.2 Å². The van der Waals surface area contributed by atoms with E-state index in [1.807, 2.05) is 16.7 Å². The first kappa shape index (κ1) is 15.5. The van der Waals surface area contributed by atoms with Gasteiger partial charge in [-0.25, -0.2) is 4.79 Å². The number of nitrogens with zero attached hydrogens (tertiary/aromatic N) is 1. The summed E-state index contributed by atoms with van der Waals surface area (Å²) in [6, 6.07) is -0.115. The summed E-state index contributed by atoms with van der Waals surface area (Å²) >= 11 is 1.89. The van der Waals surface area contributed by atoms with E-state index in [0.717, 1.165) is 31.7 Å². The summed E-state index contributed by atoms with van der Waals surface area (Å²) in [7, 11) is 0. The maximum absolute atomic E-state index is 12.2. The number of hydrogen-bond donors (Lipinski definition) is 2. The van der Waals surface area contributed by atoms with E-state index in [1.54, 1.807) is 0 Å². The van der Waals surface area contributed by atoms with Crippen molar-refractivity contribution in [2.45, 2.75) is 44.3 Å². The third-order valence-electron chi connectivity index (χ3n) is 4.47. The highest BCUT2D eigenvalue weighted by Crippen LogP contribution is 2.40. The predicted molar refractivity (Wildman–Crippen MR) is 80.0 cm³/mol. The van der Waals surface area contributed by atoms with Crippen LogP contribution in [-0.2, 0) is 4.79 Å². The first-order valence-corrected chi connectivity index (χ1v) is 8.23. The molecule has 0 spiro atoms. The average molecular weight is 300 g/mol. The normalized spacial score (nSPS) is 24.4. The van der Waals surface area contributed by atoms with Gasteiger partial charge >= 0.3 is 12.0 Å². The number of carbonyl (C=O) groups excluding carboxylic acids is 1. The molecule has 1 saturated heterocycles. The molecule has 0 aromatic rings. The lowest BCUT2D eigenvalue weighted by Crippen LogP contribution is -2.51. The summed E-state index contributed by atoms with van der Waals surface area (Å²) in [4.78, 5) is 25.3. The first-order chi connectivity index (χ1) is 9.35. The van der Waals surface area contributed by atoms with Crippen LogP contribution in [-0.4, -0.2) is 52.1 Å². The van der Waals surface area contributed by atoms with Gasteiger partial charge < -0.3 is 15.3 Å². The number of rotatable bonds is 3. The smallest absolute Gasteiger partial charge is 0.317 e. The highest BCUT2D eigenvalue weighted by atomic mass is 32.2. The monoisotopic (exact) mass is 300 g/mol. The van der Waals surface area contributed by atoms with Crippen LogP contribution in [0.15, 0.2) is 0 Å². The third kappa shape index (κ3) is 3.40. The van der Waals surface area contributed by atoms with Crippen LogP contribution in [0.25, 0.3) is 0 Å². The number of carboxylic acid groups (broad SMARTS) is 1. The topological polar surface area (TPSA) is 69.6 Å². The molecule has 0 bridgehead atoms. The lowest BCUT2D eigenvalue weighted by molar-refractivity contribution is -0.153. The van der Waals surface area contributed by atoms with Gasteiger partial charge in [-0.2, -0.15) is 11.8 Å². The van der Waals surface area contributed by atoms with E-state index in [0.29, 0.717) is 12.8 Å². The zero-order chi connectivity index (χ0) is 14.8. The van der Waals surface area contributed by atoms with Gasteiger partial charge in [0.05, 0.1) is 5.41 Å². The molecule has 0 aromatic carbocycles. The van der Waals surface area contributed by atoms with Crippen LogP contribution in [0.5, 0.6) is 0 Å². The molecule has 2 rings (SSSR count). The Hall–Kier alpha value is -0.910. The van der Waals surface area contributed by atoms with E-state index in [1.165, 1.54) is 0 Å². The van der Waals surface area contributed by atoms with Crippen molar-refractivity contribution in [3.8, 4) is 0 Å². The van der Waals surface area contributed by atoms with Crippen molar-refractivity contribution in [1.29, 1.82) is 0 Å². The Kier molecular flexibility index (Phi) is 4.52. The summed E-state index contributed by atoms with van der Waals surface area (Å²) in [5.74, 6) is 0.154. The molecule has 5 nitrogen and oxygen atoms in total. The van der Waals surface area contributed by atoms with Crippen molar-refractivity contribution in [3.63, 3.8) is 0 Å². The molecule has 2 N–H and O–H groups in total. The summed E-state index contributed by atoms with van der Waals surface area (Å²) in [6.07, 6.45) is 3.25. The van der Waals surface area contributed by atoms with E-state index < -0.39 is 11.4 Å². The van der Waals surface area contributed by atoms with Crippen molar-refractivity contribution < 1.29 is 14.7 Å². The Labute approximate surface area is 124 Å². The minimum Gasteiger partial charge on any atom is -0.481 e. The van der Waals surface area contributed by atoms with Crippen LogP contribution in [0.3, 0.4) is 0 Å². The van der Waals surface area contributed by atoms with Crippen molar-refractivity contribution >= 4 is 23.8 Å². The van der Waals surface area contributed by atoms with Crippen molar-refractivity contribution in [3.05, 3.63) is 0 Å². The molecule has 1 saturated carbocycles. The quantitative estimate of drug-likeness (QED) is 0.838. The zero-order valence-electron chi connectivity index (χ0n) is 12.3. The largest absolute Gasteiger partial charge is 0.481 e. The molecule has 0 radical (unpaired) electrons. The highest BCUT2D eigenvalue weighted by Gasteiger charge is 2.44. The molecular formula is C14H24N2O3S. The van der Waals surface area contributed by atoms with E-state index in [-0.39, 0.29) is 17.3 Å². The molecule has 2 amide bonds. The van der Waals surface area contributed by atoms with E-state index in [4.69, 9.17) is 0 Å². The van der Waals surface area contributed by atoms with Gasteiger partial charge in [0.1, 0.15) is 0 Å². The van der Waals surface area contributed by atoms with Crippen molar-refractivity contribution in [1.82, 2.24) is 10.2 Å². The Bertz CT molecular complexity index is 394. The van der Waals surface area contributed by atoms with Crippen molar-refractivity contribution in [2.75, 3.05) is 25.4 Å². The van der Waals surface area contributed by atoms with Gasteiger partial charge in [0, 0.05) is 30.1 Å². The second-order valence-corrected chi connectivity index (χ2v) is 8.25. The summed E-state index contributed by atoms with van der Waals surface area (Å²) in [5, 5.41) is 12.1. The Morgan fingerprint density at radius 1 is 1.25 bits per heavy atom. The number of nitrogens with one attached hydrogen (secondary N) is 1. The fraction of sp³-hybridized carbons (Fsp3) is 0.857. The molecule has 0 aromatic heterocycles. The Morgan fingerprint density at radius 2 is 1.95 bits per heavy atom. The maximum Gasteiger partial charge on any atom is 0.317 e. The fourth-order valence-corrected chi connectivity index (χ4v) is 3.75. The molecule has 1 heterocycles. The average Bonchev–Trinajstić information content (AvgIpc) is 2.48. The SMILES string of the molecule is CC1(C)CCN(C(=O)NCC2(C(=O)O)CCC2)CCS1. The van der Waals surface area contributed by atoms with Gasteiger partial charge in [0.15, 0.2) is 0 Å². The van der Waals surface area contributed by atoms with Crippen LogP contribution in [0.1, 0.15) is 39.5 Å². The Morgan fingerprint density at radius 3 is 2.50 bits per heavy atom. The molecule has 114 valence electrons. The van der Waals surface area contributed by atoms with Crippen LogP contribution in [0, 0.1) is 5.41 Å². The second kappa shape index (κ2) is 5.84. The molecule has 1 aliphatic heterocycles. The highest BCUT2D eigenvalue weighted by molar-refractivity contribution is 8.00. The standard InChI is InChI=1S/C14H24N2O3S/c1-13(2)6-7-16(8-9-20-13)12(19)15-10-14(11(17)18)4-3-5-14/h3-10H2,1-2H3,(H,15,19)(H,17,18). The predicted octanol–water partition coefficient (Wildman–Crippen LogP) is 2.17. The fourth-order valence-electron chi connectivity index (χ4n) is 2.65. The van der Waals surface area contributed by atoms with Gasteiger partial charge in [0.2, 0.25) is 0 Å². The first-order valence-electron chi connectivity index (χ1n) is 7.25. The number of amides is 2. The lowest BCUT2D eigenvalue weighted by atomic mass is 9.69. The molecule has 2 aliphatic rings. The third-order valence-corrected chi connectivity index (χ3v) is 5.84. The zero-order valence-corrected chi connectivity index (χ0v) is 13.1. The molecule has 0 unspecified atom stereocenters. The number of aliphatic carboxylic acids is 1. The van der Waals surface area contributed by atoms with Gasteiger partial charge in [-0.3, -0.25) is 4.79 Å². The summed E-state index contributed by atoms with van der Waals surface area (Å²) in [6.45, 7) is 6.14. The van der Waals surface area contributed by atoms with Gasteiger partial charge in [-0.05, 0) is 19.3 Å². The Balaban J connectivity index is 1.84. The van der Waals surface area contributed by atoms with Crippen LogP contribution in [0.4, 0.5) is 4.79 Å². The molecule has 2 fully saturated rings. The van der Waals surface area contributed by atoms with Gasteiger partial charge in [-0.1, -0.05) is 20.3 Å². The number of hydrogen-bond acceptors (Lipinski definition) is 3.